The van der Waals surface area contributed by atoms with E-state index in [1.807, 2.05) is 0 Å². The lowest BCUT2D eigenvalue weighted by Crippen LogP contribution is -2.43. The van der Waals surface area contributed by atoms with Crippen molar-refractivity contribution in [2.24, 2.45) is 29.1 Å². The summed E-state index contributed by atoms with van der Waals surface area (Å²) in [6, 6.07) is 10.6. The minimum absolute atomic E-state index is 0.141. The normalized spacial score (nSPS) is 37.2. The summed E-state index contributed by atoms with van der Waals surface area (Å²) in [5.74, 6) is 1.74. The van der Waals surface area contributed by atoms with E-state index in [2.05, 4.69) is 70.2 Å². The van der Waals surface area contributed by atoms with Crippen LogP contribution < -0.4 is 0 Å². The quantitative estimate of drug-likeness (QED) is 0.528. The van der Waals surface area contributed by atoms with Crippen molar-refractivity contribution < 1.29 is 9.90 Å². The van der Waals surface area contributed by atoms with E-state index in [9.17, 15) is 9.90 Å². The number of fused-ring (bicyclic) bond motifs is 1. The van der Waals surface area contributed by atoms with Crippen molar-refractivity contribution in [2.75, 3.05) is 0 Å². The minimum atomic E-state index is -0.800. The summed E-state index contributed by atoms with van der Waals surface area (Å²) in [6.45, 7) is 11.0. The van der Waals surface area contributed by atoms with Crippen LogP contribution in [0.25, 0.3) is 0 Å². The smallest absolute Gasteiger partial charge is 0.330 e. The van der Waals surface area contributed by atoms with Gasteiger partial charge >= 0.3 is 5.97 Å². The summed E-state index contributed by atoms with van der Waals surface area (Å²) in [5.41, 5.74) is 3.13. The fourth-order valence-electron chi connectivity index (χ4n) is 6.20. The molecule has 3 rings (SSSR count). The summed E-state index contributed by atoms with van der Waals surface area (Å²) in [7, 11) is 0. The number of benzene rings is 1. The molecule has 2 aliphatic rings. The highest BCUT2D eigenvalue weighted by atomic mass is 16.4. The van der Waals surface area contributed by atoms with E-state index in [4.69, 9.17) is 0 Å². The third-order valence-corrected chi connectivity index (χ3v) is 7.11. The standard InChI is InChI=1S/C24H32O2/c1-6-24(14-18(5)23(25)26)20(19-10-8-7-9-11-19)13-16(3)21-15(2)12-17(4)22(21)24/h7-11,13-15,17,20-22H,6,12H2,1-5H3,(H,25,26)/b18-14+/t15-,17-,20-,21-,22+,24-/m1/s1. The maximum atomic E-state index is 11.7. The zero-order valence-corrected chi connectivity index (χ0v) is 16.7. The van der Waals surface area contributed by atoms with Crippen molar-refractivity contribution in [1.82, 2.24) is 0 Å². The molecule has 6 atom stereocenters. The third-order valence-electron chi connectivity index (χ3n) is 7.11. The second kappa shape index (κ2) is 7.06. The number of hydrogen-bond acceptors (Lipinski definition) is 1. The van der Waals surface area contributed by atoms with E-state index in [-0.39, 0.29) is 11.3 Å². The van der Waals surface area contributed by atoms with Gasteiger partial charge in [-0.15, -0.1) is 0 Å². The van der Waals surface area contributed by atoms with Crippen LogP contribution in [-0.2, 0) is 4.79 Å². The molecular formula is C24H32O2. The molecule has 0 aliphatic heterocycles. The fraction of sp³-hybridized carbons (Fsp3) is 0.542. The highest BCUT2D eigenvalue weighted by Crippen LogP contribution is 2.63. The van der Waals surface area contributed by atoms with Crippen LogP contribution in [0.1, 0.15) is 58.9 Å². The van der Waals surface area contributed by atoms with Gasteiger partial charge in [-0.25, -0.2) is 4.79 Å². The third kappa shape index (κ3) is 2.94. The predicted octanol–water partition coefficient (Wildman–Crippen LogP) is 6.07. The van der Waals surface area contributed by atoms with Crippen LogP contribution in [0.4, 0.5) is 0 Å². The molecule has 2 heteroatoms. The van der Waals surface area contributed by atoms with E-state index < -0.39 is 5.97 Å². The van der Waals surface area contributed by atoms with Gasteiger partial charge in [-0.1, -0.05) is 68.8 Å². The van der Waals surface area contributed by atoms with Gasteiger partial charge in [0.25, 0.3) is 0 Å². The minimum Gasteiger partial charge on any atom is -0.478 e. The molecule has 0 amide bonds. The molecule has 1 aromatic rings. The molecule has 0 saturated heterocycles. The van der Waals surface area contributed by atoms with Gasteiger partial charge in [-0.3, -0.25) is 0 Å². The number of hydrogen-bond donors (Lipinski definition) is 1. The molecule has 2 aliphatic carbocycles. The van der Waals surface area contributed by atoms with Gasteiger partial charge in [0.1, 0.15) is 0 Å². The molecule has 1 aromatic carbocycles. The fourth-order valence-corrected chi connectivity index (χ4v) is 6.20. The van der Waals surface area contributed by atoms with Crippen LogP contribution in [0, 0.1) is 29.1 Å². The summed E-state index contributed by atoms with van der Waals surface area (Å²) in [4.78, 5) is 11.7. The number of carboxylic acids is 1. The molecule has 26 heavy (non-hydrogen) atoms. The van der Waals surface area contributed by atoms with Gasteiger partial charge in [0.15, 0.2) is 0 Å². The zero-order chi connectivity index (χ0) is 19.1. The average Bonchev–Trinajstić information content (AvgIpc) is 2.93. The summed E-state index contributed by atoms with van der Waals surface area (Å²) >= 11 is 0. The second-order valence-corrected chi connectivity index (χ2v) is 8.64. The Balaban J connectivity index is 2.25. The summed E-state index contributed by atoms with van der Waals surface area (Å²) in [6.07, 6.45) is 6.74. The van der Waals surface area contributed by atoms with E-state index in [1.165, 1.54) is 17.6 Å². The largest absolute Gasteiger partial charge is 0.478 e. The summed E-state index contributed by atoms with van der Waals surface area (Å²) < 4.78 is 0. The van der Waals surface area contributed by atoms with Gasteiger partial charge in [0, 0.05) is 16.9 Å². The Morgan fingerprint density at radius 2 is 1.88 bits per heavy atom. The topological polar surface area (TPSA) is 37.3 Å². The van der Waals surface area contributed by atoms with Crippen LogP contribution in [0.15, 0.2) is 53.6 Å². The first-order valence-electron chi connectivity index (χ1n) is 9.97. The summed E-state index contributed by atoms with van der Waals surface area (Å²) in [5, 5.41) is 9.61. The van der Waals surface area contributed by atoms with Crippen molar-refractivity contribution in [3.05, 3.63) is 59.2 Å². The Hall–Kier alpha value is -1.83. The van der Waals surface area contributed by atoms with Crippen LogP contribution in [0.5, 0.6) is 0 Å². The lowest BCUT2D eigenvalue weighted by Gasteiger charge is -2.51. The molecule has 1 N–H and O–H groups in total. The number of rotatable bonds is 4. The molecule has 1 fully saturated rings. The van der Waals surface area contributed by atoms with Crippen molar-refractivity contribution >= 4 is 5.97 Å². The monoisotopic (exact) mass is 352 g/mol. The second-order valence-electron chi connectivity index (χ2n) is 8.64. The predicted molar refractivity (Wildman–Crippen MR) is 107 cm³/mol. The molecule has 0 aromatic heterocycles. The lowest BCUT2D eigenvalue weighted by atomic mass is 9.53. The first-order valence-corrected chi connectivity index (χ1v) is 9.97. The van der Waals surface area contributed by atoms with Crippen molar-refractivity contribution in [3.63, 3.8) is 0 Å². The average molecular weight is 353 g/mol. The van der Waals surface area contributed by atoms with Crippen molar-refractivity contribution in [3.8, 4) is 0 Å². The molecule has 0 spiro atoms. The van der Waals surface area contributed by atoms with Gasteiger partial charge in [0.05, 0.1) is 0 Å². The van der Waals surface area contributed by atoms with Gasteiger partial charge < -0.3 is 5.11 Å². The Kier molecular flexibility index (Phi) is 5.14. The van der Waals surface area contributed by atoms with Crippen molar-refractivity contribution in [1.29, 1.82) is 0 Å². The first-order chi connectivity index (χ1) is 12.3. The van der Waals surface area contributed by atoms with E-state index in [0.29, 0.717) is 29.2 Å². The van der Waals surface area contributed by atoms with E-state index in [0.717, 1.165) is 6.42 Å². The Bertz CT molecular complexity index is 730. The number of allylic oxidation sites excluding steroid dienone is 3. The molecular weight excluding hydrogens is 320 g/mol. The molecule has 0 heterocycles. The zero-order valence-electron chi connectivity index (χ0n) is 16.7. The number of aliphatic carboxylic acids is 1. The van der Waals surface area contributed by atoms with Crippen LogP contribution in [0.2, 0.25) is 0 Å². The maximum absolute atomic E-state index is 11.7. The molecule has 2 nitrogen and oxygen atoms in total. The van der Waals surface area contributed by atoms with Crippen LogP contribution in [-0.4, -0.2) is 11.1 Å². The number of carbonyl (C=O) groups is 1. The Morgan fingerprint density at radius 1 is 1.23 bits per heavy atom. The highest BCUT2D eigenvalue weighted by Gasteiger charge is 2.55. The maximum Gasteiger partial charge on any atom is 0.330 e. The van der Waals surface area contributed by atoms with Crippen molar-refractivity contribution in [2.45, 2.75) is 53.4 Å². The van der Waals surface area contributed by atoms with Crippen LogP contribution in [0.3, 0.4) is 0 Å². The number of carboxylic acid groups (broad SMARTS) is 1. The molecule has 0 bridgehead atoms. The van der Waals surface area contributed by atoms with E-state index >= 15 is 0 Å². The Morgan fingerprint density at radius 3 is 2.46 bits per heavy atom. The molecule has 0 radical (unpaired) electrons. The van der Waals surface area contributed by atoms with Gasteiger partial charge in [-0.05, 0) is 55.9 Å². The molecule has 0 unspecified atom stereocenters. The van der Waals surface area contributed by atoms with Gasteiger partial charge in [0.2, 0.25) is 0 Å². The SMILES string of the molecule is CC[C@]1(/C=C(\C)C(=O)O)[C@@H]2[C@@H](C(C)=C[C@@H]1c1ccccc1)[C@H](C)C[C@H]2C. The van der Waals surface area contributed by atoms with Gasteiger partial charge in [-0.2, -0.15) is 0 Å². The first kappa shape index (κ1) is 18.9. The van der Waals surface area contributed by atoms with Crippen LogP contribution >= 0.6 is 0 Å². The highest BCUT2D eigenvalue weighted by molar-refractivity contribution is 5.86. The molecule has 1 saturated carbocycles. The lowest BCUT2D eigenvalue weighted by molar-refractivity contribution is -0.132. The Labute approximate surface area is 158 Å². The molecule has 140 valence electrons. The van der Waals surface area contributed by atoms with E-state index in [1.54, 1.807) is 6.92 Å².